The Bertz CT molecular complexity index is 1020. The van der Waals surface area contributed by atoms with Crippen LogP contribution >= 0.6 is 0 Å². The van der Waals surface area contributed by atoms with Crippen LogP contribution in [0.4, 0.5) is 11.4 Å². The maximum atomic E-state index is 12.0. The number of ether oxygens (including phenoxy) is 1. The van der Waals surface area contributed by atoms with E-state index >= 15 is 0 Å². The number of nitrogens with two attached hydrogens (primary N) is 1. The number of nitrogens with zero attached hydrogens (tertiary/aromatic N) is 3. The van der Waals surface area contributed by atoms with E-state index in [-0.39, 0.29) is 5.56 Å². The highest BCUT2D eigenvalue weighted by Gasteiger charge is 2.19. The number of anilines is 2. The summed E-state index contributed by atoms with van der Waals surface area (Å²) in [6.07, 6.45) is 0. The van der Waals surface area contributed by atoms with E-state index in [1.165, 1.54) is 0 Å². The Balaban J connectivity index is 1.58. The number of methoxy groups -OCH3 is 1. The molecule has 0 atom stereocenters. The molecule has 0 spiro atoms. The van der Waals surface area contributed by atoms with Crippen molar-refractivity contribution in [3.05, 3.63) is 52.8 Å². The standard InChI is InChI=1S/C21H25N5O2/c1-28-13-12-25-8-10-26(11-9-25)19-7-6-15(14-18(19)22)20-16-4-2-3-5-17(16)21(27)24-23-20/h2-7,14H,8-13,22H2,1H3,(H,24,27). The third-order valence-corrected chi connectivity index (χ3v) is 5.32. The fourth-order valence-corrected chi connectivity index (χ4v) is 3.76. The zero-order valence-electron chi connectivity index (χ0n) is 16.0. The van der Waals surface area contributed by atoms with Gasteiger partial charge in [-0.05, 0) is 18.2 Å². The molecular formula is C21H25N5O2. The lowest BCUT2D eigenvalue weighted by atomic mass is 10.0. The molecule has 1 aromatic heterocycles. The van der Waals surface area contributed by atoms with Gasteiger partial charge in [0.15, 0.2) is 0 Å². The molecule has 7 nitrogen and oxygen atoms in total. The van der Waals surface area contributed by atoms with Gasteiger partial charge in [-0.1, -0.05) is 24.3 Å². The summed E-state index contributed by atoms with van der Waals surface area (Å²) in [7, 11) is 1.74. The van der Waals surface area contributed by atoms with Crippen molar-refractivity contribution in [3.63, 3.8) is 0 Å². The minimum absolute atomic E-state index is 0.185. The number of piperazine rings is 1. The Labute approximate surface area is 163 Å². The van der Waals surface area contributed by atoms with Gasteiger partial charge in [-0.3, -0.25) is 9.69 Å². The molecule has 3 N–H and O–H groups in total. The molecule has 146 valence electrons. The first-order valence-corrected chi connectivity index (χ1v) is 9.51. The number of aromatic nitrogens is 2. The SMILES string of the molecule is COCCN1CCN(c2ccc(-c3n[nH]c(=O)c4ccccc34)cc2N)CC1. The van der Waals surface area contributed by atoms with Crippen LogP contribution in [-0.2, 0) is 4.74 Å². The number of fused-ring (bicyclic) bond motifs is 1. The summed E-state index contributed by atoms with van der Waals surface area (Å²) < 4.78 is 5.16. The highest BCUT2D eigenvalue weighted by atomic mass is 16.5. The van der Waals surface area contributed by atoms with Gasteiger partial charge in [-0.25, -0.2) is 5.10 Å². The van der Waals surface area contributed by atoms with Crippen LogP contribution in [0.25, 0.3) is 22.0 Å². The number of hydrogen-bond acceptors (Lipinski definition) is 6. The van der Waals surface area contributed by atoms with Gasteiger partial charge >= 0.3 is 0 Å². The lowest BCUT2D eigenvalue weighted by molar-refractivity contribution is 0.144. The summed E-state index contributed by atoms with van der Waals surface area (Å²) in [5, 5.41) is 8.31. The van der Waals surface area contributed by atoms with Crippen molar-refractivity contribution < 1.29 is 4.74 Å². The molecule has 1 aliphatic rings. The van der Waals surface area contributed by atoms with Gasteiger partial charge in [-0.15, -0.1) is 0 Å². The van der Waals surface area contributed by atoms with Crippen LogP contribution in [0.2, 0.25) is 0 Å². The molecule has 1 fully saturated rings. The number of nitrogens with one attached hydrogen (secondary N) is 1. The maximum Gasteiger partial charge on any atom is 0.272 e. The van der Waals surface area contributed by atoms with E-state index in [0.29, 0.717) is 5.39 Å². The zero-order valence-corrected chi connectivity index (χ0v) is 16.0. The fraction of sp³-hybridized carbons (Fsp3) is 0.333. The summed E-state index contributed by atoms with van der Waals surface area (Å²) in [6, 6.07) is 13.5. The van der Waals surface area contributed by atoms with Crippen molar-refractivity contribution in [3.8, 4) is 11.3 Å². The first kappa shape index (κ1) is 18.5. The summed E-state index contributed by atoms with van der Waals surface area (Å²) in [4.78, 5) is 16.7. The van der Waals surface area contributed by atoms with Crippen LogP contribution in [0.1, 0.15) is 0 Å². The summed E-state index contributed by atoms with van der Waals surface area (Å²) in [5.74, 6) is 0. The van der Waals surface area contributed by atoms with E-state index in [0.717, 1.165) is 67.3 Å². The predicted molar refractivity (Wildman–Crippen MR) is 113 cm³/mol. The van der Waals surface area contributed by atoms with Gasteiger partial charge in [0.05, 0.1) is 29.1 Å². The Hall–Kier alpha value is -2.90. The third-order valence-electron chi connectivity index (χ3n) is 5.32. The van der Waals surface area contributed by atoms with E-state index in [1.54, 1.807) is 13.2 Å². The largest absolute Gasteiger partial charge is 0.397 e. The highest BCUT2D eigenvalue weighted by molar-refractivity contribution is 5.94. The normalized spacial score (nSPS) is 15.2. The average molecular weight is 379 g/mol. The highest BCUT2D eigenvalue weighted by Crippen LogP contribution is 2.31. The monoisotopic (exact) mass is 379 g/mol. The molecule has 0 aliphatic carbocycles. The van der Waals surface area contributed by atoms with Gasteiger partial charge in [0.25, 0.3) is 5.56 Å². The second-order valence-electron chi connectivity index (χ2n) is 7.04. The third kappa shape index (κ3) is 3.58. The van der Waals surface area contributed by atoms with Crippen molar-refractivity contribution in [2.24, 2.45) is 0 Å². The molecule has 0 radical (unpaired) electrons. The molecule has 1 aliphatic heterocycles. The molecule has 2 heterocycles. The zero-order chi connectivity index (χ0) is 19.5. The average Bonchev–Trinajstić information content (AvgIpc) is 2.73. The van der Waals surface area contributed by atoms with Gasteiger partial charge in [0, 0.05) is 50.8 Å². The first-order valence-electron chi connectivity index (χ1n) is 9.51. The molecule has 28 heavy (non-hydrogen) atoms. The van der Waals surface area contributed by atoms with Crippen LogP contribution in [0.3, 0.4) is 0 Å². The van der Waals surface area contributed by atoms with Crippen LogP contribution in [0.15, 0.2) is 47.3 Å². The molecule has 4 rings (SSSR count). The van der Waals surface area contributed by atoms with Crippen LogP contribution in [0.5, 0.6) is 0 Å². The molecule has 7 heteroatoms. The summed E-state index contributed by atoms with van der Waals surface area (Å²) >= 11 is 0. The molecule has 3 aromatic rings. The van der Waals surface area contributed by atoms with Crippen LogP contribution in [0, 0.1) is 0 Å². The predicted octanol–water partition coefficient (Wildman–Crippen LogP) is 1.94. The molecule has 1 saturated heterocycles. The Kier molecular flexibility index (Phi) is 5.27. The van der Waals surface area contributed by atoms with E-state index in [9.17, 15) is 4.79 Å². The number of benzene rings is 2. The molecule has 0 bridgehead atoms. The lowest BCUT2D eigenvalue weighted by Crippen LogP contribution is -2.47. The minimum atomic E-state index is -0.185. The van der Waals surface area contributed by atoms with Crippen LogP contribution in [-0.4, -0.2) is 61.5 Å². The van der Waals surface area contributed by atoms with Crippen molar-refractivity contribution in [2.75, 3.05) is 57.1 Å². The van der Waals surface area contributed by atoms with Gasteiger partial charge < -0.3 is 15.4 Å². The molecule has 0 saturated carbocycles. The van der Waals surface area contributed by atoms with E-state index < -0.39 is 0 Å². The van der Waals surface area contributed by atoms with Crippen molar-refractivity contribution in [2.45, 2.75) is 0 Å². The summed E-state index contributed by atoms with van der Waals surface area (Å²) in [6.45, 7) is 5.59. The van der Waals surface area contributed by atoms with Crippen molar-refractivity contribution >= 4 is 22.1 Å². The number of aromatic amines is 1. The van der Waals surface area contributed by atoms with Gasteiger partial charge in [-0.2, -0.15) is 5.10 Å². The summed E-state index contributed by atoms with van der Waals surface area (Å²) in [5.41, 5.74) is 9.62. The minimum Gasteiger partial charge on any atom is -0.397 e. The number of hydrogen-bond donors (Lipinski definition) is 2. The topological polar surface area (TPSA) is 87.5 Å². The van der Waals surface area contributed by atoms with Crippen LogP contribution < -0.4 is 16.2 Å². The second-order valence-corrected chi connectivity index (χ2v) is 7.04. The molecule has 2 aromatic carbocycles. The number of rotatable bonds is 5. The Morgan fingerprint density at radius 1 is 1.11 bits per heavy atom. The smallest absolute Gasteiger partial charge is 0.272 e. The quantitative estimate of drug-likeness (QED) is 0.659. The van der Waals surface area contributed by atoms with Gasteiger partial charge in [0.2, 0.25) is 0 Å². The Morgan fingerprint density at radius 2 is 1.86 bits per heavy atom. The van der Waals surface area contributed by atoms with E-state index in [4.69, 9.17) is 10.5 Å². The fourth-order valence-electron chi connectivity index (χ4n) is 3.76. The van der Waals surface area contributed by atoms with Crippen molar-refractivity contribution in [1.29, 1.82) is 0 Å². The van der Waals surface area contributed by atoms with Gasteiger partial charge in [0.1, 0.15) is 0 Å². The second kappa shape index (κ2) is 8.00. The van der Waals surface area contributed by atoms with E-state index in [2.05, 4.69) is 26.1 Å². The number of nitrogen functional groups attached to an aromatic ring is 1. The first-order chi connectivity index (χ1) is 13.7. The van der Waals surface area contributed by atoms with E-state index in [1.807, 2.05) is 30.3 Å². The Morgan fingerprint density at radius 3 is 2.57 bits per heavy atom. The number of H-pyrrole nitrogens is 1. The lowest BCUT2D eigenvalue weighted by Gasteiger charge is -2.36. The molecule has 0 amide bonds. The maximum absolute atomic E-state index is 12.0. The molecule has 0 unspecified atom stereocenters. The molecular weight excluding hydrogens is 354 g/mol. The van der Waals surface area contributed by atoms with Crippen molar-refractivity contribution in [1.82, 2.24) is 15.1 Å².